The molecule has 1 saturated carbocycles. The van der Waals surface area contributed by atoms with Gasteiger partial charge in [0.25, 0.3) is 0 Å². The molecule has 8 nitrogen and oxygen atoms in total. The summed E-state index contributed by atoms with van der Waals surface area (Å²) in [5, 5.41) is 14.7. The highest BCUT2D eigenvalue weighted by Gasteiger charge is 2.29. The molecule has 0 bridgehead atoms. The summed E-state index contributed by atoms with van der Waals surface area (Å²) in [5.41, 5.74) is 2.06. The van der Waals surface area contributed by atoms with Crippen molar-refractivity contribution in [3.05, 3.63) is 60.6 Å². The first kappa shape index (κ1) is 21.4. The van der Waals surface area contributed by atoms with Crippen LogP contribution in [0, 0.1) is 5.92 Å². The van der Waals surface area contributed by atoms with Gasteiger partial charge in [0.15, 0.2) is 11.7 Å². The Labute approximate surface area is 185 Å². The number of carbonyl (C=O) groups is 2. The lowest BCUT2D eigenvalue weighted by atomic mass is 9.82. The number of nitrogens with one attached hydrogen (secondary N) is 2. The Morgan fingerprint density at radius 1 is 1.03 bits per heavy atom. The molecule has 0 atom stereocenters. The predicted molar refractivity (Wildman–Crippen MR) is 120 cm³/mol. The molecule has 3 N–H and O–H groups in total. The number of carboxylic acid groups (broad SMARTS) is 1. The van der Waals surface area contributed by atoms with E-state index in [0.717, 1.165) is 18.4 Å². The number of nitrogens with zero attached hydrogens (tertiary/aromatic N) is 1. The lowest BCUT2D eigenvalue weighted by Crippen LogP contribution is -2.20. The number of rotatable bonds is 6. The first-order chi connectivity index (χ1) is 15.5. The molecular formula is C24H25N3O5. The third-order valence-corrected chi connectivity index (χ3v) is 5.73. The maximum atomic E-state index is 12.3. The highest BCUT2D eigenvalue weighted by Crippen LogP contribution is 2.36. The average Bonchev–Trinajstić information content (AvgIpc) is 3.30. The van der Waals surface area contributed by atoms with Crippen LogP contribution in [0.1, 0.15) is 37.5 Å². The molecular weight excluding hydrogens is 410 g/mol. The number of aliphatic carboxylic acids is 1. The van der Waals surface area contributed by atoms with Gasteiger partial charge in [-0.2, -0.15) is 0 Å². The van der Waals surface area contributed by atoms with Gasteiger partial charge in [0.2, 0.25) is 0 Å². The number of para-hydroxylation sites is 2. The van der Waals surface area contributed by atoms with E-state index < -0.39 is 5.97 Å². The first-order valence-corrected chi connectivity index (χ1v) is 10.5. The molecule has 0 saturated heterocycles. The normalized spacial score (nSPS) is 18.0. The number of hydrogen-bond acceptors (Lipinski definition) is 5. The van der Waals surface area contributed by atoms with Crippen LogP contribution < -0.4 is 15.4 Å². The predicted octanol–water partition coefficient (Wildman–Crippen LogP) is 5.35. The van der Waals surface area contributed by atoms with Gasteiger partial charge >= 0.3 is 12.0 Å². The number of carbonyl (C=O) groups excluding carboxylic acids is 1. The fourth-order valence-electron chi connectivity index (χ4n) is 3.95. The summed E-state index contributed by atoms with van der Waals surface area (Å²) in [6, 6.07) is 14.1. The summed E-state index contributed by atoms with van der Waals surface area (Å²) in [4.78, 5) is 27.8. The number of oxazole rings is 1. The van der Waals surface area contributed by atoms with Crippen molar-refractivity contribution in [3.8, 4) is 17.1 Å². The van der Waals surface area contributed by atoms with Crippen molar-refractivity contribution in [2.45, 2.75) is 31.6 Å². The Kier molecular flexibility index (Phi) is 6.39. The minimum atomic E-state index is -0.721. The van der Waals surface area contributed by atoms with Crippen molar-refractivity contribution in [2.24, 2.45) is 5.92 Å². The van der Waals surface area contributed by atoms with E-state index in [1.165, 1.54) is 0 Å². The molecule has 1 aliphatic rings. The second-order valence-corrected chi connectivity index (χ2v) is 7.81. The molecule has 0 aliphatic heterocycles. The molecule has 3 aromatic rings. The molecule has 1 aromatic heterocycles. The van der Waals surface area contributed by atoms with Crippen molar-refractivity contribution in [1.82, 2.24) is 4.98 Å². The molecule has 8 heteroatoms. The van der Waals surface area contributed by atoms with E-state index in [9.17, 15) is 9.59 Å². The zero-order valence-corrected chi connectivity index (χ0v) is 17.7. The summed E-state index contributed by atoms with van der Waals surface area (Å²) in [6.07, 6.45) is 4.52. The van der Waals surface area contributed by atoms with Gasteiger partial charge < -0.3 is 24.9 Å². The van der Waals surface area contributed by atoms with Crippen LogP contribution in [0.2, 0.25) is 0 Å². The topological polar surface area (TPSA) is 114 Å². The smallest absolute Gasteiger partial charge is 0.323 e. The van der Waals surface area contributed by atoms with E-state index in [0.29, 0.717) is 41.6 Å². The third kappa shape index (κ3) is 4.91. The van der Waals surface area contributed by atoms with Crippen LogP contribution in [-0.2, 0) is 4.79 Å². The number of amides is 2. The number of anilines is 2. The summed E-state index contributed by atoms with van der Waals surface area (Å²) in [6.45, 7) is 0. The highest BCUT2D eigenvalue weighted by molar-refractivity contribution is 6.00. The minimum absolute atomic E-state index is 0.152. The number of urea groups is 1. The average molecular weight is 435 g/mol. The van der Waals surface area contributed by atoms with E-state index in [-0.39, 0.29) is 17.9 Å². The summed E-state index contributed by atoms with van der Waals surface area (Å²) in [5.74, 6) is 1.05. The molecule has 4 rings (SSSR count). The maximum absolute atomic E-state index is 12.3. The van der Waals surface area contributed by atoms with Crippen LogP contribution in [0.4, 0.5) is 16.2 Å². The minimum Gasteiger partial charge on any atom is -0.495 e. The van der Waals surface area contributed by atoms with Crippen molar-refractivity contribution in [3.63, 3.8) is 0 Å². The Balaban J connectivity index is 1.36. The quantitative estimate of drug-likeness (QED) is 0.481. The number of aromatic nitrogens is 1. The lowest BCUT2D eigenvalue weighted by Gasteiger charge is -2.23. The van der Waals surface area contributed by atoms with Crippen LogP contribution in [0.25, 0.3) is 11.3 Å². The Morgan fingerprint density at radius 2 is 1.75 bits per heavy atom. The maximum Gasteiger partial charge on any atom is 0.323 e. The van der Waals surface area contributed by atoms with E-state index in [2.05, 4.69) is 15.6 Å². The Hall–Kier alpha value is -3.81. The molecule has 1 aliphatic carbocycles. The number of carboxylic acids is 1. The van der Waals surface area contributed by atoms with Gasteiger partial charge in [0.1, 0.15) is 5.75 Å². The summed E-state index contributed by atoms with van der Waals surface area (Å²) < 4.78 is 11.2. The van der Waals surface area contributed by atoms with Gasteiger partial charge in [0, 0.05) is 17.2 Å². The van der Waals surface area contributed by atoms with Crippen LogP contribution in [-0.4, -0.2) is 29.2 Å². The van der Waals surface area contributed by atoms with Crippen molar-refractivity contribution in [1.29, 1.82) is 0 Å². The second kappa shape index (κ2) is 9.55. The number of ether oxygens (including phenoxy) is 1. The van der Waals surface area contributed by atoms with Crippen molar-refractivity contribution in [2.75, 3.05) is 17.7 Å². The van der Waals surface area contributed by atoms with E-state index >= 15 is 0 Å². The monoisotopic (exact) mass is 435 g/mol. The van der Waals surface area contributed by atoms with Crippen molar-refractivity contribution < 1.29 is 23.8 Å². The highest BCUT2D eigenvalue weighted by atomic mass is 16.5. The Morgan fingerprint density at radius 3 is 2.44 bits per heavy atom. The molecule has 0 radical (unpaired) electrons. The van der Waals surface area contributed by atoms with Gasteiger partial charge in [-0.05, 0) is 62.1 Å². The number of methoxy groups -OCH3 is 1. The Bertz CT molecular complexity index is 1090. The van der Waals surface area contributed by atoms with Crippen LogP contribution in [0.5, 0.6) is 5.75 Å². The molecule has 1 fully saturated rings. The van der Waals surface area contributed by atoms with Crippen molar-refractivity contribution >= 4 is 23.4 Å². The molecule has 0 unspecified atom stereocenters. The fourth-order valence-corrected chi connectivity index (χ4v) is 3.95. The number of benzene rings is 2. The summed E-state index contributed by atoms with van der Waals surface area (Å²) >= 11 is 0. The van der Waals surface area contributed by atoms with Gasteiger partial charge in [-0.25, -0.2) is 9.78 Å². The largest absolute Gasteiger partial charge is 0.495 e. The third-order valence-electron chi connectivity index (χ3n) is 5.73. The van der Waals surface area contributed by atoms with Gasteiger partial charge in [-0.15, -0.1) is 0 Å². The molecule has 0 spiro atoms. The molecule has 2 amide bonds. The van der Waals surface area contributed by atoms with Crippen LogP contribution in [0.3, 0.4) is 0 Å². The molecule has 166 valence electrons. The fraction of sp³-hybridized carbons (Fsp3) is 0.292. The zero-order valence-electron chi connectivity index (χ0n) is 17.7. The van der Waals surface area contributed by atoms with Crippen LogP contribution >= 0.6 is 0 Å². The van der Waals surface area contributed by atoms with Gasteiger partial charge in [-0.3, -0.25) is 4.79 Å². The lowest BCUT2D eigenvalue weighted by molar-refractivity contribution is -0.142. The SMILES string of the molecule is COc1ccccc1NC(=O)Nc1ccc(-c2cnc(C3CCC(C(=O)O)CC3)o2)cc1. The molecule has 1 heterocycles. The zero-order chi connectivity index (χ0) is 22.5. The molecule has 2 aromatic carbocycles. The van der Waals surface area contributed by atoms with Gasteiger partial charge in [0.05, 0.1) is 24.9 Å². The van der Waals surface area contributed by atoms with Crippen LogP contribution in [0.15, 0.2) is 59.1 Å². The standard InChI is InChI=1S/C24H25N3O5/c1-31-20-5-3-2-4-19(20)27-24(30)26-18-12-10-15(11-13-18)21-14-25-22(32-21)16-6-8-17(9-7-16)23(28)29/h2-5,10-14,16-17H,6-9H2,1H3,(H,28,29)(H2,26,27,30). The van der Waals surface area contributed by atoms with Gasteiger partial charge in [-0.1, -0.05) is 12.1 Å². The van der Waals surface area contributed by atoms with E-state index in [1.807, 2.05) is 24.3 Å². The molecule has 32 heavy (non-hydrogen) atoms. The van der Waals surface area contributed by atoms with E-state index in [4.69, 9.17) is 14.3 Å². The summed E-state index contributed by atoms with van der Waals surface area (Å²) in [7, 11) is 1.55. The first-order valence-electron chi connectivity index (χ1n) is 10.5. The second-order valence-electron chi connectivity index (χ2n) is 7.81. The van der Waals surface area contributed by atoms with E-state index in [1.54, 1.807) is 37.6 Å². The number of hydrogen-bond donors (Lipinski definition) is 3.